The van der Waals surface area contributed by atoms with Crippen molar-refractivity contribution in [2.24, 2.45) is 5.10 Å². The molecule has 3 rings (SSSR count). The summed E-state index contributed by atoms with van der Waals surface area (Å²) in [6.45, 7) is 6.67. The molecule has 1 N–H and O–H groups in total. The van der Waals surface area contributed by atoms with Gasteiger partial charge in [0.15, 0.2) is 23.0 Å². The molecule has 11 heteroatoms. The maximum Gasteiger partial charge on any atom is 0.339 e. The SMILES string of the molecule is CCCOc1ccc(C(=O)N/N=C/c2cc(Br)c(OS(=O)(=O)c3ccc(C)cc3)c(OC)c2)cc1OCC. The van der Waals surface area contributed by atoms with Gasteiger partial charge in [-0.3, -0.25) is 4.79 Å². The number of carbonyl (C=O) groups excluding carboxylic acids is 1. The van der Waals surface area contributed by atoms with Crippen LogP contribution in [0.3, 0.4) is 0 Å². The molecule has 0 bridgehead atoms. The van der Waals surface area contributed by atoms with Crippen LogP contribution >= 0.6 is 15.9 Å². The fraction of sp³-hybridized carbons (Fsp3) is 0.259. The van der Waals surface area contributed by atoms with Crippen LogP contribution in [-0.4, -0.2) is 40.9 Å². The maximum atomic E-state index is 12.7. The highest BCUT2D eigenvalue weighted by Gasteiger charge is 2.22. The lowest BCUT2D eigenvalue weighted by molar-refractivity contribution is 0.0954. The molecule has 3 aromatic carbocycles. The van der Waals surface area contributed by atoms with Crippen LogP contribution in [0.4, 0.5) is 0 Å². The smallest absolute Gasteiger partial charge is 0.339 e. The Morgan fingerprint density at radius 3 is 2.39 bits per heavy atom. The number of nitrogens with zero attached hydrogens (tertiary/aromatic N) is 1. The fourth-order valence-corrected chi connectivity index (χ4v) is 4.84. The number of hydrazone groups is 1. The van der Waals surface area contributed by atoms with Crippen LogP contribution in [0.5, 0.6) is 23.0 Å². The topological polar surface area (TPSA) is 113 Å². The van der Waals surface area contributed by atoms with E-state index in [4.69, 9.17) is 18.4 Å². The summed E-state index contributed by atoms with van der Waals surface area (Å²) in [4.78, 5) is 12.6. The van der Waals surface area contributed by atoms with E-state index in [1.165, 1.54) is 31.5 Å². The van der Waals surface area contributed by atoms with Crippen LogP contribution in [0.25, 0.3) is 0 Å². The predicted octanol–water partition coefficient (Wildman–Crippen LogP) is 5.49. The average molecular weight is 606 g/mol. The van der Waals surface area contributed by atoms with Crippen LogP contribution < -0.4 is 23.8 Å². The number of methoxy groups -OCH3 is 1. The summed E-state index contributed by atoms with van der Waals surface area (Å²) in [5.41, 5.74) is 4.25. The lowest BCUT2D eigenvalue weighted by Crippen LogP contribution is -2.18. The highest BCUT2D eigenvalue weighted by atomic mass is 79.9. The molecule has 0 heterocycles. The van der Waals surface area contributed by atoms with Crippen molar-refractivity contribution in [3.05, 3.63) is 75.8 Å². The van der Waals surface area contributed by atoms with Gasteiger partial charge in [0.1, 0.15) is 4.90 Å². The molecule has 0 radical (unpaired) electrons. The van der Waals surface area contributed by atoms with E-state index in [0.717, 1.165) is 12.0 Å². The number of carbonyl (C=O) groups is 1. The van der Waals surface area contributed by atoms with Crippen molar-refractivity contribution in [2.75, 3.05) is 20.3 Å². The molecule has 3 aromatic rings. The Labute approximate surface area is 231 Å². The van der Waals surface area contributed by atoms with Crippen LogP contribution in [0.15, 0.2) is 69.1 Å². The molecule has 0 saturated carbocycles. The summed E-state index contributed by atoms with van der Waals surface area (Å²) < 4.78 is 47.8. The van der Waals surface area contributed by atoms with E-state index in [0.29, 0.717) is 40.3 Å². The van der Waals surface area contributed by atoms with Gasteiger partial charge in [-0.1, -0.05) is 24.6 Å². The Hall–Kier alpha value is -3.57. The number of hydrogen-bond acceptors (Lipinski definition) is 8. The first-order valence-corrected chi connectivity index (χ1v) is 14.0. The number of aryl methyl sites for hydroxylation is 1. The van der Waals surface area contributed by atoms with E-state index in [1.807, 2.05) is 20.8 Å². The highest BCUT2D eigenvalue weighted by Crippen LogP contribution is 2.38. The molecule has 202 valence electrons. The summed E-state index contributed by atoms with van der Waals surface area (Å²) in [6, 6.07) is 14.3. The van der Waals surface area contributed by atoms with Crippen molar-refractivity contribution >= 4 is 38.2 Å². The molecular weight excluding hydrogens is 576 g/mol. The molecule has 0 aromatic heterocycles. The normalized spacial score (nSPS) is 11.3. The van der Waals surface area contributed by atoms with E-state index < -0.39 is 16.0 Å². The molecule has 0 unspecified atom stereocenters. The highest BCUT2D eigenvalue weighted by molar-refractivity contribution is 9.10. The fourth-order valence-electron chi connectivity index (χ4n) is 3.24. The minimum Gasteiger partial charge on any atom is -0.493 e. The van der Waals surface area contributed by atoms with E-state index in [9.17, 15) is 13.2 Å². The van der Waals surface area contributed by atoms with Gasteiger partial charge >= 0.3 is 10.1 Å². The number of ether oxygens (including phenoxy) is 3. The summed E-state index contributed by atoms with van der Waals surface area (Å²) in [7, 11) is -2.70. The summed E-state index contributed by atoms with van der Waals surface area (Å²) in [5, 5.41) is 4.01. The number of benzene rings is 3. The molecule has 0 spiro atoms. The molecule has 0 aliphatic heterocycles. The van der Waals surface area contributed by atoms with Gasteiger partial charge < -0.3 is 18.4 Å². The van der Waals surface area contributed by atoms with Gasteiger partial charge in [0.25, 0.3) is 5.91 Å². The van der Waals surface area contributed by atoms with Crippen molar-refractivity contribution in [3.8, 4) is 23.0 Å². The second kappa shape index (κ2) is 13.3. The van der Waals surface area contributed by atoms with Gasteiger partial charge in [0.2, 0.25) is 0 Å². The molecule has 38 heavy (non-hydrogen) atoms. The van der Waals surface area contributed by atoms with Crippen LogP contribution in [-0.2, 0) is 10.1 Å². The number of rotatable bonds is 12. The van der Waals surface area contributed by atoms with Crippen LogP contribution in [0, 0.1) is 6.92 Å². The maximum absolute atomic E-state index is 12.7. The van der Waals surface area contributed by atoms with Crippen LogP contribution in [0.2, 0.25) is 0 Å². The van der Waals surface area contributed by atoms with Gasteiger partial charge in [-0.2, -0.15) is 13.5 Å². The Morgan fingerprint density at radius 2 is 1.74 bits per heavy atom. The Balaban J connectivity index is 1.75. The van der Waals surface area contributed by atoms with E-state index in [-0.39, 0.29) is 16.4 Å². The Bertz CT molecular complexity index is 1410. The van der Waals surface area contributed by atoms with Gasteiger partial charge in [-0.15, -0.1) is 0 Å². The van der Waals surface area contributed by atoms with Crippen molar-refractivity contribution in [3.63, 3.8) is 0 Å². The molecule has 0 aliphatic rings. The van der Waals surface area contributed by atoms with Gasteiger partial charge in [0.05, 0.1) is 31.0 Å². The first-order chi connectivity index (χ1) is 18.2. The molecule has 9 nitrogen and oxygen atoms in total. The number of nitrogens with one attached hydrogen (secondary N) is 1. The molecular formula is C27H29BrN2O7S. The number of halogens is 1. The third kappa shape index (κ3) is 7.48. The molecule has 1 amide bonds. The average Bonchev–Trinajstić information content (AvgIpc) is 2.89. The van der Waals surface area contributed by atoms with Crippen molar-refractivity contribution < 1.29 is 31.6 Å². The third-order valence-corrected chi connectivity index (χ3v) is 6.93. The quantitative estimate of drug-likeness (QED) is 0.165. The first-order valence-electron chi connectivity index (χ1n) is 11.8. The largest absolute Gasteiger partial charge is 0.493 e. The van der Waals surface area contributed by atoms with E-state index >= 15 is 0 Å². The zero-order chi connectivity index (χ0) is 27.7. The van der Waals surface area contributed by atoms with Crippen LogP contribution in [0.1, 0.15) is 41.8 Å². The second-order valence-corrected chi connectivity index (χ2v) is 10.4. The van der Waals surface area contributed by atoms with E-state index in [2.05, 4.69) is 26.5 Å². The molecule has 0 fully saturated rings. The summed E-state index contributed by atoms with van der Waals surface area (Å²) in [6.07, 6.45) is 2.24. The first kappa shape index (κ1) is 29.0. The molecule has 0 saturated heterocycles. The van der Waals surface area contributed by atoms with Gasteiger partial charge in [-0.05, 0) is 84.2 Å². The third-order valence-electron chi connectivity index (χ3n) is 5.10. The Kier molecular flexibility index (Phi) is 10.1. The number of amides is 1. The van der Waals surface area contributed by atoms with E-state index in [1.54, 1.807) is 36.4 Å². The predicted molar refractivity (Wildman–Crippen MR) is 148 cm³/mol. The van der Waals surface area contributed by atoms with Gasteiger partial charge in [-0.25, -0.2) is 5.43 Å². The lowest BCUT2D eigenvalue weighted by atomic mass is 10.2. The standard InChI is InChI=1S/C27H29BrN2O7S/c1-5-13-36-23-12-9-20(16-24(23)35-6-2)27(31)30-29-17-19-14-22(28)26(25(15-19)34-4)37-38(32,33)21-10-7-18(3)8-11-21/h7-12,14-17H,5-6,13H2,1-4H3,(H,30,31)/b29-17+. The zero-order valence-electron chi connectivity index (χ0n) is 21.5. The van der Waals surface area contributed by atoms with Crippen molar-refractivity contribution in [1.29, 1.82) is 0 Å². The van der Waals surface area contributed by atoms with Gasteiger partial charge in [0, 0.05) is 5.56 Å². The molecule has 0 atom stereocenters. The Morgan fingerprint density at radius 1 is 1.00 bits per heavy atom. The molecule has 0 aliphatic carbocycles. The van der Waals surface area contributed by atoms with Crippen molar-refractivity contribution in [1.82, 2.24) is 5.43 Å². The number of hydrogen-bond donors (Lipinski definition) is 1. The zero-order valence-corrected chi connectivity index (χ0v) is 23.9. The summed E-state index contributed by atoms with van der Waals surface area (Å²) in [5.74, 6) is 0.745. The summed E-state index contributed by atoms with van der Waals surface area (Å²) >= 11 is 3.34. The lowest BCUT2D eigenvalue weighted by Gasteiger charge is -2.13. The second-order valence-electron chi connectivity index (χ2n) is 8.03. The minimum absolute atomic E-state index is 0.0110. The minimum atomic E-state index is -4.09. The monoisotopic (exact) mass is 604 g/mol. The van der Waals surface area contributed by atoms with Crippen molar-refractivity contribution in [2.45, 2.75) is 32.1 Å².